The second-order valence-electron chi connectivity index (χ2n) is 7.17. The zero-order valence-corrected chi connectivity index (χ0v) is 15.6. The molecule has 2 aromatic carbocycles. The molecule has 0 heterocycles. The van der Waals surface area contributed by atoms with Gasteiger partial charge in [0.25, 0.3) is 0 Å². The first-order chi connectivity index (χ1) is 11.3. The van der Waals surface area contributed by atoms with Crippen molar-refractivity contribution in [2.75, 3.05) is 19.6 Å². The number of likely N-dealkylation sites (N-methyl/N-ethyl adjacent to an activating group) is 1. The minimum absolute atomic E-state index is 0. The molecule has 2 heteroatoms. The average molecular weight is 342 g/mol. The fraction of sp³-hybridized carbons (Fsp3) is 0.455. The van der Waals surface area contributed by atoms with E-state index in [1.807, 2.05) is 0 Å². The van der Waals surface area contributed by atoms with E-state index >= 15 is 0 Å². The summed E-state index contributed by atoms with van der Waals surface area (Å²) in [6, 6.07) is 15.8. The highest BCUT2D eigenvalue weighted by Gasteiger charge is 2.39. The first-order valence-corrected chi connectivity index (χ1v) is 9.24. The lowest BCUT2D eigenvalue weighted by Crippen LogP contribution is -2.27. The number of halogens is 1. The van der Waals surface area contributed by atoms with Gasteiger partial charge in [0.05, 0.1) is 0 Å². The summed E-state index contributed by atoms with van der Waals surface area (Å²) in [7, 11) is 0. The third-order valence-corrected chi connectivity index (χ3v) is 6.03. The van der Waals surface area contributed by atoms with Crippen LogP contribution in [0.3, 0.4) is 0 Å². The quantitative estimate of drug-likeness (QED) is 0.665. The van der Waals surface area contributed by atoms with E-state index in [-0.39, 0.29) is 12.4 Å². The third kappa shape index (κ3) is 3.00. The molecule has 0 amide bonds. The van der Waals surface area contributed by atoms with Gasteiger partial charge >= 0.3 is 0 Å². The van der Waals surface area contributed by atoms with Gasteiger partial charge in [-0.25, -0.2) is 0 Å². The monoisotopic (exact) mass is 341 g/mol. The van der Waals surface area contributed by atoms with E-state index in [1.54, 1.807) is 11.1 Å². The fourth-order valence-electron chi connectivity index (χ4n) is 4.72. The number of allylic oxidation sites excluding steroid dienone is 1. The maximum Gasteiger partial charge on any atom is 0.0201 e. The molecule has 2 aliphatic carbocycles. The normalized spacial score (nSPS) is 22.5. The van der Waals surface area contributed by atoms with Crippen molar-refractivity contribution in [3.05, 3.63) is 53.6 Å². The average Bonchev–Trinajstić information content (AvgIpc) is 3.20. The SMILES string of the molecule is CCN(CC)CC1=C(c2ccc3ccccc3c2)C2CCC1C2.Cl. The van der Waals surface area contributed by atoms with E-state index in [9.17, 15) is 0 Å². The van der Waals surface area contributed by atoms with Gasteiger partial charge in [-0.15, -0.1) is 12.4 Å². The number of benzene rings is 2. The Bertz CT molecular complexity index is 744. The summed E-state index contributed by atoms with van der Waals surface area (Å²) in [5.41, 5.74) is 4.93. The van der Waals surface area contributed by atoms with Gasteiger partial charge in [-0.2, -0.15) is 0 Å². The van der Waals surface area contributed by atoms with Gasteiger partial charge in [0.1, 0.15) is 0 Å². The molecule has 0 aromatic heterocycles. The number of fused-ring (bicyclic) bond motifs is 3. The molecule has 1 fully saturated rings. The molecule has 0 aliphatic heterocycles. The molecule has 128 valence electrons. The van der Waals surface area contributed by atoms with Crippen LogP contribution in [0.4, 0.5) is 0 Å². The molecule has 2 aromatic rings. The molecule has 1 saturated carbocycles. The Morgan fingerprint density at radius 2 is 1.62 bits per heavy atom. The predicted molar refractivity (Wildman–Crippen MR) is 107 cm³/mol. The van der Waals surface area contributed by atoms with Crippen molar-refractivity contribution in [1.29, 1.82) is 0 Å². The van der Waals surface area contributed by atoms with Crippen molar-refractivity contribution >= 4 is 28.8 Å². The molecular weight excluding hydrogens is 314 g/mol. The first-order valence-electron chi connectivity index (χ1n) is 9.24. The molecule has 2 atom stereocenters. The first kappa shape index (κ1) is 17.5. The van der Waals surface area contributed by atoms with Crippen molar-refractivity contribution < 1.29 is 0 Å². The van der Waals surface area contributed by atoms with Gasteiger partial charge < -0.3 is 0 Å². The molecular formula is C22H28ClN. The second-order valence-corrected chi connectivity index (χ2v) is 7.17. The van der Waals surface area contributed by atoms with Crippen molar-refractivity contribution in [3.8, 4) is 0 Å². The summed E-state index contributed by atoms with van der Waals surface area (Å²) in [5.74, 6) is 1.66. The number of hydrogen-bond donors (Lipinski definition) is 0. The van der Waals surface area contributed by atoms with E-state index in [0.29, 0.717) is 0 Å². The van der Waals surface area contributed by atoms with Crippen molar-refractivity contribution in [1.82, 2.24) is 4.90 Å². The van der Waals surface area contributed by atoms with Crippen LogP contribution in [0.1, 0.15) is 38.7 Å². The third-order valence-electron chi connectivity index (χ3n) is 6.03. The van der Waals surface area contributed by atoms with Crippen molar-refractivity contribution in [2.24, 2.45) is 11.8 Å². The minimum atomic E-state index is 0. The van der Waals surface area contributed by atoms with E-state index in [1.165, 1.54) is 42.1 Å². The van der Waals surface area contributed by atoms with Crippen LogP contribution in [0.2, 0.25) is 0 Å². The molecule has 1 nitrogen and oxygen atoms in total. The van der Waals surface area contributed by atoms with Crippen LogP contribution in [0.15, 0.2) is 48.0 Å². The highest BCUT2D eigenvalue weighted by molar-refractivity contribution is 5.87. The van der Waals surface area contributed by atoms with Crippen molar-refractivity contribution in [2.45, 2.75) is 33.1 Å². The van der Waals surface area contributed by atoms with Crippen LogP contribution < -0.4 is 0 Å². The van der Waals surface area contributed by atoms with Crippen molar-refractivity contribution in [3.63, 3.8) is 0 Å². The Labute approximate surface area is 152 Å². The van der Waals surface area contributed by atoms with Crippen LogP contribution in [-0.2, 0) is 0 Å². The van der Waals surface area contributed by atoms with Crippen LogP contribution in [-0.4, -0.2) is 24.5 Å². The maximum atomic E-state index is 2.58. The summed E-state index contributed by atoms with van der Waals surface area (Å²) in [6.45, 7) is 8.06. The smallest absolute Gasteiger partial charge is 0.0201 e. The molecule has 2 aliphatic rings. The largest absolute Gasteiger partial charge is 0.300 e. The van der Waals surface area contributed by atoms with E-state index in [4.69, 9.17) is 0 Å². The molecule has 0 N–H and O–H groups in total. The Hall–Kier alpha value is -1.31. The van der Waals surface area contributed by atoms with Gasteiger partial charge in [0.15, 0.2) is 0 Å². The predicted octanol–water partition coefficient (Wildman–Crippen LogP) is 5.79. The van der Waals surface area contributed by atoms with E-state index < -0.39 is 0 Å². The molecule has 2 unspecified atom stereocenters. The minimum Gasteiger partial charge on any atom is -0.300 e. The lowest BCUT2D eigenvalue weighted by molar-refractivity contribution is 0.319. The molecule has 4 rings (SSSR count). The Kier molecular flexibility index (Phi) is 5.32. The molecule has 2 bridgehead atoms. The molecule has 24 heavy (non-hydrogen) atoms. The molecule has 0 saturated heterocycles. The summed E-state index contributed by atoms with van der Waals surface area (Å²) >= 11 is 0. The number of nitrogens with zero attached hydrogens (tertiary/aromatic N) is 1. The zero-order valence-electron chi connectivity index (χ0n) is 14.8. The summed E-state index contributed by atoms with van der Waals surface area (Å²) in [4.78, 5) is 2.58. The van der Waals surface area contributed by atoms with Gasteiger partial charge in [0, 0.05) is 6.54 Å². The van der Waals surface area contributed by atoms with Crippen LogP contribution in [0.25, 0.3) is 16.3 Å². The molecule has 0 spiro atoms. The lowest BCUT2D eigenvalue weighted by Gasteiger charge is -2.26. The number of hydrogen-bond acceptors (Lipinski definition) is 1. The van der Waals surface area contributed by atoms with Gasteiger partial charge in [0.2, 0.25) is 0 Å². The maximum absolute atomic E-state index is 2.58. The van der Waals surface area contributed by atoms with E-state index in [0.717, 1.165) is 24.9 Å². The fourth-order valence-corrected chi connectivity index (χ4v) is 4.72. The second kappa shape index (κ2) is 7.29. The summed E-state index contributed by atoms with van der Waals surface area (Å²) < 4.78 is 0. The van der Waals surface area contributed by atoms with Crippen LogP contribution >= 0.6 is 12.4 Å². The Balaban J connectivity index is 0.00000169. The highest BCUT2D eigenvalue weighted by atomic mass is 35.5. The Morgan fingerprint density at radius 3 is 2.38 bits per heavy atom. The number of rotatable bonds is 5. The van der Waals surface area contributed by atoms with Crippen LogP contribution in [0, 0.1) is 11.8 Å². The standard InChI is InChI=1S/C22H27N.ClH/c1-3-23(4-2)15-21-18-10-12-20(14-18)22(21)19-11-9-16-7-5-6-8-17(16)13-19;/h5-9,11,13,18,20H,3-4,10,12,14-15H2,1-2H3;1H. The lowest BCUT2D eigenvalue weighted by atomic mass is 9.86. The van der Waals surface area contributed by atoms with E-state index in [2.05, 4.69) is 61.2 Å². The van der Waals surface area contributed by atoms with Crippen LogP contribution in [0.5, 0.6) is 0 Å². The topological polar surface area (TPSA) is 3.24 Å². The van der Waals surface area contributed by atoms with Gasteiger partial charge in [-0.3, -0.25) is 4.90 Å². The Morgan fingerprint density at radius 1 is 0.917 bits per heavy atom. The molecule has 0 radical (unpaired) electrons. The summed E-state index contributed by atoms with van der Waals surface area (Å²) in [5, 5.41) is 2.73. The van der Waals surface area contributed by atoms with Gasteiger partial charge in [-0.1, -0.05) is 50.2 Å². The zero-order chi connectivity index (χ0) is 15.8. The highest BCUT2D eigenvalue weighted by Crippen LogP contribution is 2.52. The summed E-state index contributed by atoms with van der Waals surface area (Å²) in [6.07, 6.45) is 4.21. The van der Waals surface area contributed by atoms with Gasteiger partial charge in [-0.05, 0) is 77.7 Å².